The van der Waals surface area contributed by atoms with Gasteiger partial charge in [-0.15, -0.1) is 0 Å². The Kier molecular flexibility index (Phi) is 3.34. The summed E-state index contributed by atoms with van der Waals surface area (Å²) in [6, 6.07) is 2.47. The number of hydrogen-bond acceptors (Lipinski definition) is 5. The van der Waals surface area contributed by atoms with Crippen molar-refractivity contribution in [1.29, 1.82) is 0 Å². The summed E-state index contributed by atoms with van der Waals surface area (Å²) < 4.78 is 0. The van der Waals surface area contributed by atoms with Gasteiger partial charge in [-0.1, -0.05) is 11.3 Å². The molecule has 1 aromatic heterocycles. The van der Waals surface area contributed by atoms with Gasteiger partial charge in [-0.25, -0.2) is 0 Å². The van der Waals surface area contributed by atoms with Gasteiger partial charge in [0.15, 0.2) is 0 Å². The number of carboxylic acids is 1. The van der Waals surface area contributed by atoms with Gasteiger partial charge in [0.1, 0.15) is 6.54 Å². The second-order valence-corrected chi connectivity index (χ2v) is 3.53. The van der Waals surface area contributed by atoms with E-state index in [9.17, 15) is 19.7 Å². The number of aliphatic carboxylic acids is 1. The zero-order chi connectivity index (χ0) is 11.4. The topological polar surface area (TPSA) is 110 Å². The van der Waals surface area contributed by atoms with Crippen LogP contribution in [0.25, 0.3) is 0 Å². The maximum absolute atomic E-state index is 11.2. The second-order valence-electron chi connectivity index (χ2n) is 2.47. The van der Waals surface area contributed by atoms with Gasteiger partial charge in [0.25, 0.3) is 5.91 Å². The molecule has 1 aromatic rings. The number of amides is 1. The molecule has 0 radical (unpaired) electrons. The van der Waals surface area contributed by atoms with Gasteiger partial charge in [0.2, 0.25) is 0 Å². The predicted octanol–water partition coefficient (Wildman–Crippen LogP) is 0.471. The predicted molar refractivity (Wildman–Crippen MR) is 50.9 cm³/mol. The van der Waals surface area contributed by atoms with Crippen molar-refractivity contribution in [3.05, 3.63) is 27.1 Å². The maximum Gasteiger partial charge on any atom is 0.324 e. The van der Waals surface area contributed by atoms with Crippen LogP contribution in [0, 0.1) is 10.1 Å². The fourth-order valence-electron chi connectivity index (χ4n) is 0.791. The monoisotopic (exact) mass is 230 g/mol. The number of rotatable bonds is 4. The Bertz CT molecular complexity index is 413. The van der Waals surface area contributed by atoms with E-state index in [0.29, 0.717) is 11.3 Å². The Morgan fingerprint density at radius 2 is 2.20 bits per heavy atom. The fraction of sp³-hybridized carbons (Fsp3) is 0.143. The molecule has 0 aliphatic carbocycles. The number of carbonyl (C=O) groups excluding carboxylic acids is 1. The van der Waals surface area contributed by atoms with Gasteiger partial charge in [0, 0.05) is 6.07 Å². The molecule has 80 valence electrons. The summed E-state index contributed by atoms with van der Waals surface area (Å²) in [5, 5.41) is 20.5. The van der Waals surface area contributed by atoms with Gasteiger partial charge in [0.05, 0.1) is 9.80 Å². The third kappa shape index (κ3) is 3.02. The van der Waals surface area contributed by atoms with Crippen LogP contribution in [0.4, 0.5) is 5.00 Å². The average Bonchev–Trinajstić information content (AvgIpc) is 2.62. The second kappa shape index (κ2) is 4.51. The van der Waals surface area contributed by atoms with Crippen molar-refractivity contribution in [2.45, 2.75) is 0 Å². The first-order valence-electron chi connectivity index (χ1n) is 3.75. The number of nitro groups is 1. The Morgan fingerprint density at radius 1 is 1.53 bits per heavy atom. The lowest BCUT2D eigenvalue weighted by Crippen LogP contribution is -2.28. The average molecular weight is 230 g/mol. The quantitative estimate of drug-likeness (QED) is 0.577. The summed E-state index contributed by atoms with van der Waals surface area (Å²) in [6.45, 7) is -0.509. The highest BCUT2D eigenvalue weighted by atomic mass is 32.1. The largest absolute Gasteiger partial charge is 0.480 e. The van der Waals surface area contributed by atoms with Crippen LogP contribution in [0.15, 0.2) is 12.1 Å². The highest BCUT2D eigenvalue weighted by molar-refractivity contribution is 7.17. The van der Waals surface area contributed by atoms with E-state index in [-0.39, 0.29) is 9.88 Å². The molecule has 1 amide bonds. The van der Waals surface area contributed by atoms with Crippen molar-refractivity contribution in [3.8, 4) is 0 Å². The van der Waals surface area contributed by atoms with E-state index in [1.54, 1.807) is 0 Å². The Labute approximate surface area is 87.5 Å². The van der Waals surface area contributed by atoms with Crippen molar-refractivity contribution in [2.75, 3.05) is 6.54 Å². The standard InChI is InChI=1S/C7H6N2O5S/c10-6(11)3-8-7(12)4-1-2-5(15-4)9(13)14/h1-2H,3H2,(H,8,12)(H,10,11). The minimum atomic E-state index is -1.17. The van der Waals surface area contributed by atoms with E-state index in [0.717, 1.165) is 0 Å². The van der Waals surface area contributed by atoms with Gasteiger partial charge in [-0.2, -0.15) is 0 Å². The highest BCUT2D eigenvalue weighted by Crippen LogP contribution is 2.23. The Balaban J connectivity index is 2.66. The molecule has 0 saturated carbocycles. The number of hydrogen-bond donors (Lipinski definition) is 2. The summed E-state index contributed by atoms with van der Waals surface area (Å²) in [5.41, 5.74) is 0. The zero-order valence-electron chi connectivity index (χ0n) is 7.30. The Morgan fingerprint density at radius 3 is 2.67 bits per heavy atom. The lowest BCUT2D eigenvalue weighted by Gasteiger charge is -1.97. The zero-order valence-corrected chi connectivity index (χ0v) is 8.11. The third-order valence-electron chi connectivity index (χ3n) is 1.40. The number of nitrogens with zero attached hydrogens (tertiary/aromatic N) is 1. The van der Waals surface area contributed by atoms with E-state index in [4.69, 9.17) is 5.11 Å². The molecule has 0 saturated heterocycles. The van der Waals surface area contributed by atoms with Crippen LogP contribution in [0.3, 0.4) is 0 Å². The van der Waals surface area contributed by atoms with Crippen molar-refractivity contribution in [1.82, 2.24) is 5.32 Å². The summed E-state index contributed by atoms with van der Waals surface area (Å²) in [5.74, 6) is -1.80. The first kappa shape index (κ1) is 11.1. The summed E-state index contributed by atoms with van der Waals surface area (Å²) in [4.78, 5) is 31.1. The molecule has 1 rings (SSSR count). The van der Waals surface area contributed by atoms with E-state index in [1.165, 1.54) is 12.1 Å². The van der Waals surface area contributed by atoms with Crippen molar-refractivity contribution in [2.24, 2.45) is 0 Å². The first-order valence-corrected chi connectivity index (χ1v) is 4.56. The molecule has 7 nitrogen and oxygen atoms in total. The molecule has 0 fully saturated rings. The van der Waals surface area contributed by atoms with Crippen LogP contribution in [-0.4, -0.2) is 28.5 Å². The molecular formula is C7H6N2O5S. The fourth-order valence-corrected chi connectivity index (χ4v) is 1.53. The highest BCUT2D eigenvalue weighted by Gasteiger charge is 2.15. The normalized spacial score (nSPS) is 9.60. The summed E-state index contributed by atoms with van der Waals surface area (Å²) in [7, 11) is 0. The number of carboxylic acid groups (broad SMARTS) is 1. The number of nitrogens with one attached hydrogen (secondary N) is 1. The lowest BCUT2D eigenvalue weighted by molar-refractivity contribution is -0.380. The van der Waals surface area contributed by atoms with Gasteiger partial charge < -0.3 is 10.4 Å². The van der Waals surface area contributed by atoms with Crippen LogP contribution in [0.1, 0.15) is 9.67 Å². The molecule has 0 aliphatic rings. The van der Waals surface area contributed by atoms with Crippen LogP contribution in [-0.2, 0) is 4.79 Å². The molecule has 8 heteroatoms. The molecule has 2 N–H and O–H groups in total. The smallest absolute Gasteiger partial charge is 0.324 e. The number of carbonyl (C=O) groups is 2. The van der Waals surface area contributed by atoms with E-state index >= 15 is 0 Å². The van der Waals surface area contributed by atoms with Crippen molar-refractivity contribution >= 4 is 28.2 Å². The lowest BCUT2D eigenvalue weighted by atomic mass is 10.4. The van der Waals surface area contributed by atoms with Crippen molar-refractivity contribution in [3.63, 3.8) is 0 Å². The molecule has 1 heterocycles. The number of thiophene rings is 1. The van der Waals surface area contributed by atoms with Crippen LogP contribution < -0.4 is 5.32 Å². The van der Waals surface area contributed by atoms with E-state index in [2.05, 4.69) is 5.32 Å². The molecule has 0 aliphatic heterocycles. The summed E-state index contributed by atoms with van der Waals surface area (Å²) >= 11 is 0.697. The van der Waals surface area contributed by atoms with Crippen LogP contribution in [0.5, 0.6) is 0 Å². The molecule has 0 bridgehead atoms. The van der Waals surface area contributed by atoms with Gasteiger partial charge >= 0.3 is 11.0 Å². The van der Waals surface area contributed by atoms with E-state index in [1.807, 2.05) is 0 Å². The molecule has 15 heavy (non-hydrogen) atoms. The molecule has 0 atom stereocenters. The molecule has 0 spiro atoms. The van der Waals surface area contributed by atoms with Crippen molar-refractivity contribution < 1.29 is 19.6 Å². The van der Waals surface area contributed by atoms with E-state index < -0.39 is 23.3 Å². The van der Waals surface area contributed by atoms with Crippen LogP contribution >= 0.6 is 11.3 Å². The third-order valence-corrected chi connectivity index (χ3v) is 2.43. The molecule has 0 aromatic carbocycles. The van der Waals surface area contributed by atoms with Gasteiger partial charge in [-0.3, -0.25) is 19.7 Å². The maximum atomic E-state index is 11.2. The minimum absolute atomic E-state index is 0.114. The van der Waals surface area contributed by atoms with Crippen LogP contribution in [0.2, 0.25) is 0 Å². The minimum Gasteiger partial charge on any atom is -0.480 e. The molecule has 0 unspecified atom stereocenters. The Hall–Kier alpha value is -1.96. The molecular weight excluding hydrogens is 224 g/mol. The SMILES string of the molecule is O=C(O)CNC(=O)c1ccc([N+](=O)[O-])s1. The van der Waals surface area contributed by atoms with Gasteiger partial charge in [-0.05, 0) is 6.07 Å². The summed E-state index contributed by atoms with van der Waals surface area (Å²) in [6.07, 6.45) is 0. The first-order chi connectivity index (χ1) is 7.00.